The van der Waals surface area contributed by atoms with E-state index in [0.29, 0.717) is 12.8 Å². The van der Waals surface area contributed by atoms with E-state index in [0.717, 1.165) is 0 Å². The van der Waals surface area contributed by atoms with Crippen LogP contribution in [-0.4, -0.2) is 63.8 Å². The van der Waals surface area contributed by atoms with Crippen molar-refractivity contribution >= 4 is 17.3 Å². The van der Waals surface area contributed by atoms with E-state index in [-0.39, 0.29) is 58.6 Å². The summed E-state index contributed by atoms with van der Waals surface area (Å²) in [5, 5.41) is 34.0. The van der Waals surface area contributed by atoms with E-state index in [4.69, 9.17) is 19.9 Å². The van der Waals surface area contributed by atoms with Crippen LogP contribution in [0.15, 0.2) is 18.2 Å². The van der Waals surface area contributed by atoms with Gasteiger partial charge in [-0.15, -0.1) is 0 Å². The van der Waals surface area contributed by atoms with Gasteiger partial charge in [0.25, 0.3) is 0 Å². The molecule has 0 amide bonds. The number of fused-ring (bicyclic) bond motifs is 3. The molecule has 0 spiro atoms. The number of ether oxygens (including phenoxy) is 3. The van der Waals surface area contributed by atoms with E-state index in [1.165, 1.54) is 32.2 Å². The molecule has 5 atom stereocenters. The summed E-state index contributed by atoms with van der Waals surface area (Å²) in [6.45, 7) is 3.05. The second-order valence-electron chi connectivity index (χ2n) is 10.1. The SMILES string of the molecule is COc1cccc2c1C(=O)c1c(O)c3c(c(O)c1C2=O)CC(O)(C(C)=O)C[C@@H]3OC1CC(N)CC(C)O1. The van der Waals surface area contributed by atoms with Gasteiger partial charge in [-0.3, -0.25) is 14.4 Å². The number of rotatable bonds is 4. The number of nitrogens with two attached hydrogens (primary N) is 1. The molecule has 4 unspecified atom stereocenters. The van der Waals surface area contributed by atoms with Crippen molar-refractivity contribution < 1.29 is 43.9 Å². The summed E-state index contributed by atoms with van der Waals surface area (Å²) in [5.41, 5.74) is 3.38. The van der Waals surface area contributed by atoms with Crippen LogP contribution < -0.4 is 10.5 Å². The van der Waals surface area contributed by atoms with Crippen molar-refractivity contribution in [1.29, 1.82) is 0 Å². The molecule has 10 heteroatoms. The maximum atomic E-state index is 13.6. The van der Waals surface area contributed by atoms with Crippen molar-refractivity contribution in [2.24, 2.45) is 5.73 Å². The molecule has 0 saturated carbocycles. The minimum Gasteiger partial charge on any atom is -0.507 e. The zero-order chi connectivity index (χ0) is 26.8. The van der Waals surface area contributed by atoms with Crippen LogP contribution in [0.3, 0.4) is 0 Å². The molecule has 0 aromatic heterocycles. The van der Waals surface area contributed by atoms with Gasteiger partial charge >= 0.3 is 0 Å². The first-order valence-electron chi connectivity index (χ1n) is 12.1. The molecular weight excluding hydrogens is 482 g/mol. The Balaban J connectivity index is 1.70. The second kappa shape index (κ2) is 8.91. The highest BCUT2D eigenvalue weighted by Gasteiger charge is 2.49. The predicted octanol–water partition coefficient (Wildman–Crippen LogP) is 2.06. The van der Waals surface area contributed by atoms with E-state index in [2.05, 4.69) is 0 Å². The number of methoxy groups -OCH3 is 1. The fraction of sp³-hybridized carbons (Fsp3) is 0.444. The quantitative estimate of drug-likeness (QED) is 0.381. The molecular formula is C27H29NO9. The Kier molecular flexibility index (Phi) is 6.11. The number of carbonyl (C=O) groups is 3. The van der Waals surface area contributed by atoms with Gasteiger partial charge in [0.05, 0.1) is 36.0 Å². The normalized spacial score (nSPS) is 28.8. The molecule has 5 N–H and O–H groups in total. The molecule has 5 rings (SSSR count). The Morgan fingerprint density at radius 3 is 2.46 bits per heavy atom. The molecule has 1 aliphatic heterocycles. The van der Waals surface area contributed by atoms with Gasteiger partial charge in [-0.1, -0.05) is 12.1 Å². The average molecular weight is 512 g/mol. The van der Waals surface area contributed by atoms with Crippen molar-refractivity contribution in [3.8, 4) is 17.2 Å². The largest absolute Gasteiger partial charge is 0.507 e. The molecule has 1 heterocycles. The highest BCUT2D eigenvalue weighted by Crippen LogP contribution is 2.52. The first kappa shape index (κ1) is 25.3. The summed E-state index contributed by atoms with van der Waals surface area (Å²) >= 11 is 0. The number of hydrogen-bond acceptors (Lipinski definition) is 10. The van der Waals surface area contributed by atoms with Gasteiger partial charge in [0.1, 0.15) is 22.8 Å². The predicted molar refractivity (Wildman–Crippen MR) is 129 cm³/mol. The number of phenols is 2. The number of hydrogen-bond donors (Lipinski definition) is 4. The van der Waals surface area contributed by atoms with Crippen LogP contribution in [0, 0.1) is 0 Å². The minimum absolute atomic E-state index is 0.00974. The highest BCUT2D eigenvalue weighted by molar-refractivity contribution is 6.31. The molecule has 1 saturated heterocycles. The topological polar surface area (TPSA) is 166 Å². The molecule has 2 aromatic carbocycles. The lowest BCUT2D eigenvalue weighted by Crippen LogP contribution is -2.46. The molecule has 196 valence electrons. The fourth-order valence-electron chi connectivity index (χ4n) is 5.71. The average Bonchev–Trinajstić information content (AvgIpc) is 2.83. The number of Topliss-reactive ketones (excluding diaryl/α,β-unsaturated/α-hetero) is 1. The molecule has 1 fully saturated rings. The number of carbonyl (C=O) groups excluding carboxylic acids is 3. The zero-order valence-electron chi connectivity index (χ0n) is 20.7. The van der Waals surface area contributed by atoms with Gasteiger partial charge in [-0.05, 0) is 26.3 Å². The van der Waals surface area contributed by atoms with E-state index in [1.807, 2.05) is 6.92 Å². The van der Waals surface area contributed by atoms with Crippen LogP contribution in [0.1, 0.15) is 82.2 Å². The zero-order valence-corrected chi connectivity index (χ0v) is 20.7. The molecule has 0 radical (unpaired) electrons. The van der Waals surface area contributed by atoms with Gasteiger partial charge in [-0.2, -0.15) is 0 Å². The lowest BCUT2D eigenvalue weighted by Gasteiger charge is -2.41. The summed E-state index contributed by atoms with van der Waals surface area (Å²) in [6, 6.07) is 4.28. The number of aromatic hydroxyl groups is 2. The molecule has 2 aliphatic carbocycles. The Bertz CT molecular complexity index is 1330. The van der Waals surface area contributed by atoms with Gasteiger partial charge in [0.2, 0.25) is 5.78 Å². The van der Waals surface area contributed by atoms with Crippen LogP contribution >= 0.6 is 0 Å². The van der Waals surface area contributed by atoms with Crippen molar-refractivity contribution in [3.63, 3.8) is 0 Å². The van der Waals surface area contributed by atoms with Gasteiger partial charge in [0.15, 0.2) is 17.9 Å². The summed E-state index contributed by atoms with van der Waals surface area (Å²) in [5.74, 6) is -2.96. The summed E-state index contributed by atoms with van der Waals surface area (Å²) in [4.78, 5) is 39.6. The first-order valence-corrected chi connectivity index (χ1v) is 12.1. The van der Waals surface area contributed by atoms with Crippen LogP contribution in [-0.2, 0) is 20.7 Å². The third-order valence-electron chi connectivity index (χ3n) is 7.56. The number of phenolic OH excluding ortho intramolecular Hbond substituents is 2. The summed E-state index contributed by atoms with van der Waals surface area (Å²) < 4.78 is 17.3. The summed E-state index contributed by atoms with van der Waals surface area (Å²) in [7, 11) is 1.36. The van der Waals surface area contributed by atoms with Gasteiger partial charge < -0.3 is 35.3 Å². The highest BCUT2D eigenvalue weighted by atomic mass is 16.7. The summed E-state index contributed by atoms with van der Waals surface area (Å²) in [6.07, 6.45) is -1.85. The minimum atomic E-state index is -1.94. The van der Waals surface area contributed by atoms with Crippen molar-refractivity contribution in [2.45, 2.75) is 69.7 Å². The van der Waals surface area contributed by atoms with E-state index < -0.39 is 52.4 Å². The standard InChI is InChI=1S/C27H29NO9/c1-11-7-13(28)8-18(36-11)37-17-10-27(34,12(2)29)9-15-20(17)26(33)22-21(24(15)31)23(30)14-5-4-6-16(35-3)19(14)25(22)32/h4-6,11,13,17-18,31,33-34H,7-10,28H2,1-3H3/t11?,13?,17-,18?,27?/m0/s1. The second-order valence-corrected chi connectivity index (χ2v) is 10.1. The van der Waals surface area contributed by atoms with E-state index in [9.17, 15) is 29.7 Å². The molecule has 0 bridgehead atoms. The lowest BCUT2D eigenvalue weighted by molar-refractivity contribution is -0.225. The van der Waals surface area contributed by atoms with Crippen LogP contribution in [0.2, 0.25) is 0 Å². The number of aliphatic hydroxyl groups is 1. The number of ketones is 3. The number of benzene rings is 2. The third-order valence-corrected chi connectivity index (χ3v) is 7.56. The van der Waals surface area contributed by atoms with Crippen LogP contribution in [0.25, 0.3) is 0 Å². The molecule has 2 aromatic rings. The van der Waals surface area contributed by atoms with Crippen molar-refractivity contribution in [1.82, 2.24) is 0 Å². The third kappa shape index (κ3) is 3.91. The van der Waals surface area contributed by atoms with Crippen LogP contribution in [0.5, 0.6) is 17.2 Å². The first-order chi connectivity index (χ1) is 17.5. The van der Waals surface area contributed by atoms with Gasteiger partial charge in [0, 0.05) is 42.0 Å². The maximum Gasteiger partial charge on any atom is 0.202 e. The fourth-order valence-corrected chi connectivity index (χ4v) is 5.71. The van der Waals surface area contributed by atoms with Gasteiger partial charge in [-0.25, -0.2) is 0 Å². The van der Waals surface area contributed by atoms with E-state index >= 15 is 0 Å². The Morgan fingerprint density at radius 1 is 1.11 bits per heavy atom. The Morgan fingerprint density at radius 2 is 1.81 bits per heavy atom. The van der Waals surface area contributed by atoms with E-state index in [1.54, 1.807) is 0 Å². The Labute approximate surface area is 212 Å². The van der Waals surface area contributed by atoms with Crippen molar-refractivity contribution in [2.75, 3.05) is 7.11 Å². The Hall–Kier alpha value is -3.31. The molecule has 3 aliphatic rings. The van der Waals surface area contributed by atoms with Crippen LogP contribution in [0.4, 0.5) is 0 Å². The lowest BCUT2D eigenvalue weighted by atomic mass is 9.72. The molecule has 10 nitrogen and oxygen atoms in total. The maximum absolute atomic E-state index is 13.6. The smallest absolute Gasteiger partial charge is 0.202 e. The van der Waals surface area contributed by atoms with Crippen molar-refractivity contribution in [3.05, 3.63) is 51.6 Å². The molecule has 37 heavy (non-hydrogen) atoms. The monoisotopic (exact) mass is 511 g/mol.